The van der Waals surface area contributed by atoms with Gasteiger partial charge in [0.15, 0.2) is 5.60 Å². The first-order valence-corrected chi connectivity index (χ1v) is 12.3. The molecule has 5 rings (SSSR count). The third-order valence-electron chi connectivity index (χ3n) is 7.14. The van der Waals surface area contributed by atoms with Crippen LogP contribution >= 0.6 is 0 Å². The van der Waals surface area contributed by atoms with Crippen LogP contribution < -0.4 is 5.56 Å². The van der Waals surface area contributed by atoms with Crippen LogP contribution in [0.25, 0.3) is 22.0 Å². The van der Waals surface area contributed by atoms with Crippen molar-refractivity contribution in [2.24, 2.45) is 14.1 Å². The Morgan fingerprint density at radius 1 is 0.947 bits per heavy atom. The normalized spacial score (nSPS) is 12.9. The van der Waals surface area contributed by atoms with Crippen LogP contribution in [0.2, 0.25) is 0 Å². The second kappa shape index (κ2) is 9.43. The number of pyridine rings is 1. The fourth-order valence-corrected chi connectivity index (χ4v) is 5.02. The van der Waals surface area contributed by atoms with Gasteiger partial charge >= 0.3 is 0 Å². The van der Waals surface area contributed by atoms with Gasteiger partial charge in [-0.1, -0.05) is 48.0 Å². The quantitative estimate of drug-likeness (QED) is 0.387. The minimum Gasteiger partial charge on any atom is -0.374 e. The topological polar surface area (TPSA) is 80.4 Å². The van der Waals surface area contributed by atoms with Crippen molar-refractivity contribution < 1.29 is 9.90 Å². The molecule has 0 fully saturated rings. The van der Waals surface area contributed by atoms with Gasteiger partial charge in [0.1, 0.15) is 0 Å². The molecular weight excluding hydrogens is 476 g/mol. The van der Waals surface area contributed by atoms with Gasteiger partial charge in [0.25, 0.3) is 11.5 Å². The van der Waals surface area contributed by atoms with E-state index in [0.717, 1.165) is 27.6 Å². The zero-order chi connectivity index (χ0) is 27.2. The van der Waals surface area contributed by atoms with E-state index in [1.54, 1.807) is 73.1 Å². The van der Waals surface area contributed by atoms with Gasteiger partial charge < -0.3 is 19.1 Å². The zero-order valence-corrected chi connectivity index (χ0v) is 22.1. The van der Waals surface area contributed by atoms with Crippen LogP contribution in [0.3, 0.4) is 0 Å². The number of nitrogens with zero attached hydrogens (tertiary/aromatic N) is 4. The highest BCUT2D eigenvalue weighted by molar-refractivity contribution is 5.96. The Bertz CT molecular complexity index is 1730. The molecule has 0 bridgehead atoms. The molecule has 0 spiro atoms. The maximum atomic E-state index is 12.9. The molecule has 0 radical (unpaired) electrons. The summed E-state index contributed by atoms with van der Waals surface area (Å²) in [5, 5.41) is 13.3. The SMILES string of the molecule is Cc1cccc(-c2cc(=O)n(C)c3ccc(C(O)(c4ccc(C(=O)N(C)C)cc4)c4cncn4C)cc23)c1. The number of imidazole rings is 1. The minimum absolute atomic E-state index is 0.107. The van der Waals surface area contributed by atoms with Crippen LogP contribution in [0.4, 0.5) is 0 Å². The first kappa shape index (κ1) is 25.2. The number of carbonyl (C=O) groups excluding carboxylic acids is 1. The average Bonchev–Trinajstić information content (AvgIpc) is 3.35. The van der Waals surface area contributed by atoms with Crippen LogP contribution in [-0.2, 0) is 19.7 Å². The molecule has 7 nitrogen and oxygen atoms in total. The standard InChI is InChI=1S/C31H30N4O3/c1-20-7-6-8-22(15-20)25-17-29(36)35(5)27-14-13-24(16-26(25)27)31(38,28-18-32-19-34(28)4)23-11-9-21(10-12-23)30(37)33(2)3/h6-19,38H,1-5H3. The summed E-state index contributed by atoms with van der Waals surface area (Å²) >= 11 is 0. The Labute approximate surface area is 221 Å². The van der Waals surface area contributed by atoms with E-state index in [-0.39, 0.29) is 11.5 Å². The predicted octanol–water partition coefficient (Wildman–Crippen LogP) is 4.23. The average molecular weight is 507 g/mol. The highest BCUT2D eigenvalue weighted by atomic mass is 16.3. The first-order valence-electron chi connectivity index (χ1n) is 12.3. The molecule has 5 aromatic rings. The summed E-state index contributed by atoms with van der Waals surface area (Å²) in [4.78, 5) is 31.1. The smallest absolute Gasteiger partial charge is 0.253 e. The predicted molar refractivity (Wildman–Crippen MR) is 149 cm³/mol. The van der Waals surface area contributed by atoms with Crippen molar-refractivity contribution in [2.75, 3.05) is 14.1 Å². The summed E-state index contributed by atoms with van der Waals surface area (Å²) < 4.78 is 3.40. The Hall–Kier alpha value is -4.49. The van der Waals surface area contributed by atoms with Crippen LogP contribution in [-0.4, -0.2) is 44.1 Å². The van der Waals surface area contributed by atoms with E-state index in [1.807, 2.05) is 50.4 Å². The van der Waals surface area contributed by atoms with Gasteiger partial charge in [0.2, 0.25) is 0 Å². The van der Waals surface area contributed by atoms with Crippen LogP contribution in [0.1, 0.15) is 32.7 Å². The van der Waals surface area contributed by atoms with E-state index in [2.05, 4.69) is 11.1 Å². The fourth-order valence-electron chi connectivity index (χ4n) is 5.02. The first-order chi connectivity index (χ1) is 18.1. The maximum Gasteiger partial charge on any atom is 0.253 e. The highest BCUT2D eigenvalue weighted by Gasteiger charge is 2.37. The monoisotopic (exact) mass is 506 g/mol. The van der Waals surface area contributed by atoms with E-state index in [0.29, 0.717) is 22.4 Å². The number of hydrogen-bond donors (Lipinski definition) is 1. The number of aromatic nitrogens is 3. The minimum atomic E-state index is -1.57. The Kier molecular flexibility index (Phi) is 6.25. The maximum absolute atomic E-state index is 12.9. The van der Waals surface area contributed by atoms with E-state index < -0.39 is 5.60 Å². The molecule has 0 saturated heterocycles. The number of fused-ring (bicyclic) bond motifs is 1. The lowest BCUT2D eigenvalue weighted by molar-refractivity contribution is 0.0827. The third kappa shape index (κ3) is 4.11. The number of rotatable bonds is 5. The van der Waals surface area contributed by atoms with Crippen molar-refractivity contribution in [2.45, 2.75) is 12.5 Å². The number of aryl methyl sites for hydroxylation is 3. The fraction of sp³-hybridized carbons (Fsp3) is 0.194. The number of hydrogen-bond acceptors (Lipinski definition) is 4. The van der Waals surface area contributed by atoms with Gasteiger partial charge in [-0.15, -0.1) is 0 Å². The lowest BCUT2D eigenvalue weighted by Crippen LogP contribution is -2.31. The summed E-state index contributed by atoms with van der Waals surface area (Å²) in [7, 11) is 6.99. The molecule has 1 N–H and O–H groups in total. The second-order valence-corrected chi connectivity index (χ2v) is 9.93. The Balaban J connectivity index is 1.78. The Morgan fingerprint density at radius 3 is 2.29 bits per heavy atom. The molecule has 192 valence electrons. The van der Waals surface area contributed by atoms with E-state index >= 15 is 0 Å². The van der Waals surface area contributed by atoms with Crippen molar-refractivity contribution in [3.8, 4) is 11.1 Å². The number of benzene rings is 3. The molecule has 1 amide bonds. The van der Waals surface area contributed by atoms with Gasteiger partial charge in [-0.3, -0.25) is 9.59 Å². The zero-order valence-electron chi connectivity index (χ0n) is 22.1. The lowest BCUT2D eigenvalue weighted by atomic mass is 9.82. The van der Waals surface area contributed by atoms with E-state index in [1.165, 1.54) is 4.90 Å². The third-order valence-corrected chi connectivity index (χ3v) is 7.14. The number of amides is 1. The summed E-state index contributed by atoms with van der Waals surface area (Å²) in [6.07, 6.45) is 3.29. The number of aliphatic hydroxyl groups is 1. The van der Waals surface area contributed by atoms with Gasteiger partial charge in [-0.2, -0.15) is 0 Å². The van der Waals surface area contributed by atoms with Gasteiger partial charge in [0, 0.05) is 45.2 Å². The van der Waals surface area contributed by atoms with Crippen molar-refractivity contribution in [3.63, 3.8) is 0 Å². The Morgan fingerprint density at radius 2 is 1.66 bits per heavy atom. The molecule has 0 aliphatic rings. The van der Waals surface area contributed by atoms with Crippen molar-refractivity contribution in [3.05, 3.63) is 124 Å². The molecule has 0 aliphatic carbocycles. The highest BCUT2D eigenvalue weighted by Crippen LogP contribution is 2.39. The van der Waals surface area contributed by atoms with Crippen molar-refractivity contribution in [1.29, 1.82) is 0 Å². The van der Waals surface area contributed by atoms with Crippen LogP contribution in [0.5, 0.6) is 0 Å². The summed E-state index contributed by atoms with van der Waals surface area (Å²) in [6, 6.07) is 22.3. The molecule has 1 unspecified atom stereocenters. The van der Waals surface area contributed by atoms with Gasteiger partial charge in [0.05, 0.1) is 23.7 Å². The van der Waals surface area contributed by atoms with Crippen LogP contribution in [0.15, 0.2) is 90.1 Å². The van der Waals surface area contributed by atoms with Gasteiger partial charge in [-0.25, -0.2) is 4.98 Å². The lowest BCUT2D eigenvalue weighted by Gasteiger charge is -2.30. The molecular formula is C31H30N4O3. The molecule has 0 saturated carbocycles. The molecule has 2 aromatic heterocycles. The summed E-state index contributed by atoms with van der Waals surface area (Å²) in [5.41, 5.74) is 4.22. The van der Waals surface area contributed by atoms with Gasteiger partial charge in [-0.05, 0) is 53.4 Å². The molecule has 7 heteroatoms. The van der Waals surface area contributed by atoms with E-state index in [9.17, 15) is 14.7 Å². The second-order valence-electron chi connectivity index (χ2n) is 9.93. The molecule has 1 atom stereocenters. The summed E-state index contributed by atoms with van der Waals surface area (Å²) in [5.74, 6) is -0.116. The van der Waals surface area contributed by atoms with E-state index in [4.69, 9.17) is 0 Å². The van der Waals surface area contributed by atoms with Crippen LogP contribution in [0, 0.1) is 6.92 Å². The molecule has 2 heterocycles. The molecule has 38 heavy (non-hydrogen) atoms. The molecule has 3 aromatic carbocycles. The van der Waals surface area contributed by atoms with Crippen molar-refractivity contribution >= 4 is 16.8 Å². The molecule has 0 aliphatic heterocycles. The summed E-state index contributed by atoms with van der Waals surface area (Å²) in [6.45, 7) is 2.02. The number of carbonyl (C=O) groups is 1. The van der Waals surface area contributed by atoms with Crippen molar-refractivity contribution in [1.82, 2.24) is 19.0 Å². The largest absolute Gasteiger partial charge is 0.374 e.